The first-order valence-corrected chi connectivity index (χ1v) is 6.60. The summed E-state index contributed by atoms with van der Waals surface area (Å²) in [5, 5.41) is 0.167. The molecular weight excluding hydrogens is 236 g/mol. The Morgan fingerprint density at radius 3 is 2.80 bits per heavy atom. The molecular formula is C9H13ClN2O2S. The van der Waals surface area contributed by atoms with Crippen molar-refractivity contribution < 1.29 is 8.42 Å². The van der Waals surface area contributed by atoms with E-state index in [9.17, 15) is 8.42 Å². The van der Waals surface area contributed by atoms with Gasteiger partial charge in [0.15, 0.2) is 5.15 Å². The van der Waals surface area contributed by atoms with Gasteiger partial charge in [-0.25, -0.2) is 13.4 Å². The number of pyridine rings is 1. The monoisotopic (exact) mass is 248 g/mol. The van der Waals surface area contributed by atoms with Crippen molar-refractivity contribution in [3.63, 3.8) is 0 Å². The molecule has 0 aliphatic carbocycles. The van der Waals surface area contributed by atoms with E-state index in [1.54, 1.807) is 19.2 Å². The van der Waals surface area contributed by atoms with Gasteiger partial charge < -0.3 is 0 Å². The molecule has 0 amide bonds. The minimum absolute atomic E-state index is 0.0806. The fourth-order valence-electron chi connectivity index (χ4n) is 1.11. The summed E-state index contributed by atoms with van der Waals surface area (Å²) in [4.78, 5) is 3.86. The van der Waals surface area contributed by atoms with Crippen LogP contribution < -0.4 is 4.72 Å². The predicted octanol–water partition coefficient (Wildman–Crippen LogP) is 2.20. The molecule has 0 aliphatic heterocycles. The van der Waals surface area contributed by atoms with E-state index in [0.717, 1.165) is 5.56 Å². The van der Waals surface area contributed by atoms with Crippen LogP contribution in [0.15, 0.2) is 12.3 Å². The zero-order valence-corrected chi connectivity index (χ0v) is 10.2. The lowest BCUT2D eigenvalue weighted by molar-refractivity contribution is 0.600. The van der Waals surface area contributed by atoms with Crippen molar-refractivity contribution in [3.8, 4) is 0 Å². The Balaban J connectivity index is 2.94. The van der Waals surface area contributed by atoms with Crippen LogP contribution in [0.3, 0.4) is 0 Å². The van der Waals surface area contributed by atoms with Crippen LogP contribution in [0.1, 0.15) is 18.9 Å². The van der Waals surface area contributed by atoms with Crippen molar-refractivity contribution in [1.82, 2.24) is 4.98 Å². The summed E-state index contributed by atoms with van der Waals surface area (Å²) in [7, 11) is -3.30. The van der Waals surface area contributed by atoms with E-state index in [0.29, 0.717) is 12.1 Å². The van der Waals surface area contributed by atoms with E-state index in [2.05, 4.69) is 9.71 Å². The molecule has 15 heavy (non-hydrogen) atoms. The standard InChI is InChI=1S/C9H13ClN2O2S/c1-3-4-15(13,14)12-8-5-7(2)6-11-9(8)10/h5-6,12H,3-4H2,1-2H3. The Bertz CT molecular complexity index is 445. The van der Waals surface area contributed by atoms with Crippen LogP contribution in [0.2, 0.25) is 5.15 Å². The molecule has 84 valence electrons. The lowest BCUT2D eigenvalue weighted by Crippen LogP contribution is -2.16. The Morgan fingerprint density at radius 2 is 2.20 bits per heavy atom. The fraction of sp³-hybridized carbons (Fsp3) is 0.444. The Labute approximate surface area is 94.7 Å². The normalized spacial score (nSPS) is 11.4. The molecule has 6 heteroatoms. The summed E-state index contributed by atoms with van der Waals surface area (Å²) >= 11 is 5.76. The van der Waals surface area contributed by atoms with E-state index in [4.69, 9.17) is 11.6 Å². The number of aromatic nitrogens is 1. The Kier molecular flexibility index (Phi) is 3.93. The summed E-state index contributed by atoms with van der Waals surface area (Å²) in [6.07, 6.45) is 2.14. The van der Waals surface area contributed by atoms with E-state index in [-0.39, 0.29) is 10.9 Å². The molecule has 0 unspecified atom stereocenters. The first-order valence-electron chi connectivity index (χ1n) is 4.57. The Hall–Kier alpha value is -0.810. The van der Waals surface area contributed by atoms with Gasteiger partial charge in [0.05, 0.1) is 11.4 Å². The number of aryl methyl sites for hydroxylation is 1. The second kappa shape index (κ2) is 4.81. The van der Waals surface area contributed by atoms with Crippen LogP contribution in [0, 0.1) is 6.92 Å². The first-order chi connectivity index (χ1) is 6.94. The number of rotatable bonds is 4. The SMILES string of the molecule is CCCS(=O)(=O)Nc1cc(C)cnc1Cl. The highest BCUT2D eigenvalue weighted by Gasteiger charge is 2.11. The minimum atomic E-state index is -3.30. The summed E-state index contributed by atoms with van der Waals surface area (Å²) in [5.41, 5.74) is 1.19. The third-order valence-corrected chi connectivity index (χ3v) is 3.49. The van der Waals surface area contributed by atoms with Gasteiger partial charge in [-0.1, -0.05) is 18.5 Å². The van der Waals surface area contributed by atoms with Crippen molar-refractivity contribution in [3.05, 3.63) is 23.0 Å². The Morgan fingerprint density at radius 1 is 1.53 bits per heavy atom. The topological polar surface area (TPSA) is 59.1 Å². The molecule has 0 aromatic carbocycles. The molecule has 0 spiro atoms. The average molecular weight is 249 g/mol. The van der Waals surface area contributed by atoms with Gasteiger partial charge in [0.1, 0.15) is 0 Å². The number of hydrogen-bond donors (Lipinski definition) is 1. The number of sulfonamides is 1. The first kappa shape index (κ1) is 12.3. The van der Waals surface area contributed by atoms with Crippen molar-refractivity contribution in [1.29, 1.82) is 0 Å². The molecule has 1 heterocycles. The molecule has 0 saturated carbocycles. The van der Waals surface area contributed by atoms with E-state index >= 15 is 0 Å². The van der Waals surface area contributed by atoms with Crippen LogP contribution in [0.4, 0.5) is 5.69 Å². The lowest BCUT2D eigenvalue weighted by Gasteiger charge is -2.08. The van der Waals surface area contributed by atoms with Gasteiger partial charge in [0.2, 0.25) is 10.0 Å². The number of nitrogens with one attached hydrogen (secondary N) is 1. The molecule has 0 saturated heterocycles. The van der Waals surface area contributed by atoms with Crippen molar-refractivity contribution in [2.45, 2.75) is 20.3 Å². The number of anilines is 1. The van der Waals surface area contributed by atoms with Crippen LogP contribution >= 0.6 is 11.6 Å². The maximum Gasteiger partial charge on any atom is 0.232 e. The quantitative estimate of drug-likeness (QED) is 0.831. The third kappa shape index (κ3) is 3.68. The zero-order valence-electron chi connectivity index (χ0n) is 8.62. The fourth-order valence-corrected chi connectivity index (χ4v) is 2.45. The predicted molar refractivity (Wildman–Crippen MR) is 61.7 cm³/mol. The number of halogens is 1. The van der Waals surface area contributed by atoms with Crippen LogP contribution in [0.5, 0.6) is 0 Å². The van der Waals surface area contributed by atoms with Crippen molar-refractivity contribution in [2.75, 3.05) is 10.5 Å². The zero-order chi connectivity index (χ0) is 11.5. The molecule has 0 fully saturated rings. The molecule has 0 aliphatic rings. The van der Waals surface area contributed by atoms with Crippen molar-refractivity contribution in [2.24, 2.45) is 0 Å². The molecule has 0 radical (unpaired) electrons. The maximum atomic E-state index is 11.5. The molecule has 1 aromatic heterocycles. The highest BCUT2D eigenvalue weighted by atomic mass is 35.5. The van der Waals surface area contributed by atoms with E-state index < -0.39 is 10.0 Å². The highest BCUT2D eigenvalue weighted by molar-refractivity contribution is 7.92. The van der Waals surface area contributed by atoms with E-state index in [1.165, 1.54) is 0 Å². The molecule has 1 aromatic rings. The summed E-state index contributed by atoms with van der Waals surface area (Å²) < 4.78 is 25.3. The second-order valence-electron chi connectivity index (χ2n) is 3.27. The summed E-state index contributed by atoms with van der Waals surface area (Å²) in [5.74, 6) is 0.0806. The molecule has 1 N–H and O–H groups in total. The molecule has 0 atom stereocenters. The van der Waals surface area contributed by atoms with Gasteiger partial charge in [-0.15, -0.1) is 0 Å². The second-order valence-corrected chi connectivity index (χ2v) is 5.47. The minimum Gasteiger partial charge on any atom is -0.280 e. The van der Waals surface area contributed by atoms with Crippen LogP contribution in [0.25, 0.3) is 0 Å². The summed E-state index contributed by atoms with van der Waals surface area (Å²) in [6, 6.07) is 1.66. The maximum absolute atomic E-state index is 11.5. The average Bonchev–Trinajstić information content (AvgIpc) is 2.10. The van der Waals surface area contributed by atoms with Gasteiger partial charge >= 0.3 is 0 Å². The number of hydrogen-bond acceptors (Lipinski definition) is 3. The van der Waals surface area contributed by atoms with Gasteiger partial charge in [-0.05, 0) is 25.0 Å². The largest absolute Gasteiger partial charge is 0.280 e. The van der Waals surface area contributed by atoms with Gasteiger partial charge in [0.25, 0.3) is 0 Å². The van der Waals surface area contributed by atoms with Gasteiger partial charge in [0, 0.05) is 6.20 Å². The smallest absolute Gasteiger partial charge is 0.232 e. The van der Waals surface area contributed by atoms with Gasteiger partial charge in [-0.2, -0.15) is 0 Å². The van der Waals surface area contributed by atoms with Crippen LogP contribution in [-0.2, 0) is 10.0 Å². The van der Waals surface area contributed by atoms with Crippen LogP contribution in [-0.4, -0.2) is 19.2 Å². The molecule has 0 bridgehead atoms. The van der Waals surface area contributed by atoms with Gasteiger partial charge in [-0.3, -0.25) is 4.72 Å². The summed E-state index contributed by atoms with van der Waals surface area (Å²) in [6.45, 7) is 3.62. The molecule has 1 rings (SSSR count). The number of nitrogens with zero attached hydrogens (tertiary/aromatic N) is 1. The molecule has 4 nitrogen and oxygen atoms in total. The lowest BCUT2D eigenvalue weighted by atomic mass is 10.3. The third-order valence-electron chi connectivity index (χ3n) is 1.71. The van der Waals surface area contributed by atoms with Crippen molar-refractivity contribution >= 4 is 27.3 Å². The highest BCUT2D eigenvalue weighted by Crippen LogP contribution is 2.21. The van der Waals surface area contributed by atoms with E-state index in [1.807, 2.05) is 6.92 Å².